The number of hydrogen-bond donors (Lipinski definition) is 1. The van der Waals surface area contributed by atoms with Crippen molar-refractivity contribution in [1.29, 1.82) is 0 Å². The molecule has 1 aliphatic heterocycles. The predicted octanol–water partition coefficient (Wildman–Crippen LogP) is 2.84. The fourth-order valence-corrected chi connectivity index (χ4v) is 2.64. The molecule has 1 heterocycles. The van der Waals surface area contributed by atoms with Gasteiger partial charge in [-0.1, -0.05) is 31.5 Å². The maximum absolute atomic E-state index is 12.8. The molecule has 1 atom stereocenters. The molecule has 0 saturated carbocycles. The Morgan fingerprint density at radius 2 is 1.90 bits per heavy atom. The van der Waals surface area contributed by atoms with Crippen LogP contribution in [0.4, 0.5) is 0 Å². The highest BCUT2D eigenvalue weighted by Gasteiger charge is 2.38. The summed E-state index contributed by atoms with van der Waals surface area (Å²) in [5, 5.41) is 3.56. The number of amides is 1. The molecule has 0 aromatic heterocycles. The van der Waals surface area contributed by atoms with E-state index >= 15 is 0 Å². The lowest BCUT2D eigenvalue weighted by atomic mass is 9.92. The second kappa shape index (κ2) is 5.57. The Kier molecular flexibility index (Phi) is 4.19. The third kappa shape index (κ3) is 3.04. The van der Waals surface area contributed by atoms with Crippen LogP contribution in [0.15, 0.2) is 24.3 Å². The van der Waals surface area contributed by atoms with E-state index in [0.717, 1.165) is 18.7 Å². The highest BCUT2D eigenvalue weighted by molar-refractivity contribution is 5.94. The van der Waals surface area contributed by atoms with Gasteiger partial charge in [0.1, 0.15) is 0 Å². The number of benzene rings is 1. The van der Waals surface area contributed by atoms with E-state index in [1.165, 1.54) is 5.56 Å². The molecular formula is C17H26N2O. The first-order valence-corrected chi connectivity index (χ1v) is 7.43. The Morgan fingerprint density at radius 3 is 2.45 bits per heavy atom. The minimum Gasteiger partial charge on any atom is -0.331 e. The van der Waals surface area contributed by atoms with Gasteiger partial charge in [0.25, 0.3) is 5.91 Å². The lowest BCUT2D eigenvalue weighted by molar-refractivity contribution is 0.0353. The van der Waals surface area contributed by atoms with Crippen molar-refractivity contribution in [2.24, 2.45) is 5.92 Å². The van der Waals surface area contributed by atoms with E-state index < -0.39 is 0 Å². The third-order valence-electron chi connectivity index (χ3n) is 4.26. The maximum Gasteiger partial charge on any atom is 0.254 e. The highest BCUT2D eigenvalue weighted by Crippen LogP contribution is 2.23. The van der Waals surface area contributed by atoms with Gasteiger partial charge in [-0.15, -0.1) is 0 Å². The van der Waals surface area contributed by atoms with E-state index in [-0.39, 0.29) is 11.4 Å². The summed E-state index contributed by atoms with van der Waals surface area (Å²) in [5.74, 6) is 0.668. The van der Waals surface area contributed by atoms with Gasteiger partial charge in [0.2, 0.25) is 0 Å². The van der Waals surface area contributed by atoms with Gasteiger partial charge in [-0.3, -0.25) is 4.79 Å². The number of nitrogens with one attached hydrogen (secondary N) is 1. The average Bonchev–Trinajstić information content (AvgIpc) is 2.38. The van der Waals surface area contributed by atoms with Crippen molar-refractivity contribution in [3.63, 3.8) is 0 Å². The van der Waals surface area contributed by atoms with Crippen molar-refractivity contribution in [2.75, 3.05) is 13.1 Å². The average molecular weight is 274 g/mol. The number of nitrogens with zero attached hydrogens (tertiary/aromatic N) is 1. The highest BCUT2D eigenvalue weighted by atomic mass is 16.2. The zero-order valence-corrected chi connectivity index (χ0v) is 13.2. The molecule has 1 aromatic carbocycles. The molecule has 3 heteroatoms. The molecule has 3 nitrogen and oxygen atoms in total. The van der Waals surface area contributed by atoms with Gasteiger partial charge in [0.05, 0.1) is 5.54 Å². The molecule has 1 N–H and O–H groups in total. The van der Waals surface area contributed by atoms with E-state index in [4.69, 9.17) is 0 Å². The second-order valence-corrected chi connectivity index (χ2v) is 6.83. The SMILES string of the molecule is Cc1ccc(C(=O)N2CC(C(C)C)NCC2(C)C)cc1. The Hall–Kier alpha value is -1.35. The van der Waals surface area contributed by atoms with Gasteiger partial charge >= 0.3 is 0 Å². The quantitative estimate of drug-likeness (QED) is 0.899. The molecule has 110 valence electrons. The van der Waals surface area contributed by atoms with Crippen LogP contribution in [0.2, 0.25) is 0 Å². The molecule has 0 aliphatic carbocycles. The van der Waals surface area contributed by atoms with Crippen LogP contribution >= 0.6 is 0 Å². The van der Waals surface area contributed by atoms with E-state index in [1.54, 1.807) is 0 Å². The fraction of sp³-hybridized carbons (Fsp3) is 0.588. The zero-order chi connectivity index (χ0) is 14.9. The Balaban J connectivity index is 2.23. The van der Waals surface area contributed by atoms with Crippen molar-refractivity contribution in [3.8, 4) is 0 Å². The molecule has 1 unspecified atom stereocenters. The zero-order valence-electron chi connectivity index (χ0n) is 13.2. The van der Waals surface area contributed by atoms with Gasteiger partial charge in [0, 0.05) is 24.7 Å². The van der Waals surface area contributed by atoms with E-state index in [2.05, 4.69) is 33.0 Å². The van der Waals surface area contributed by atoms with Crippen molar-refractivity contribution >= 4 is 5.91 Å². The summed E-state index contributed by atoms with van der Waals surface area (Å²) in [6.07, 6.45) is 0. The lowest BCUT2D eigenvalue weighted by Crippen LogP contribution is -2.64. The second-order valence-electron chi connectivity index (χ2n) is 6.83. The fourth-order valence-electron chi connectivity index (χ4n) is 2.64. The molecule has 0 spiro atoms. The summed E-state index contributed by atoms with van der Waals surface area (Å²) in [6, 6.07) is 8.24. The van der Waals surface area contributed by atoms with Gasteiger partial charge < -0.3 is 10.2 Å². The Bertz CT molecular complexity index is 476. The van der Waals surface area contributed by atoms with Crippen LogP contribution in [0.5, 0.6) is 0 Å². The number of rotatable bonds is 2. The normalized spacial score (nSPS) is 22.1. The number of aryl methyl sites for hydroxylation is 1. The van der Waals surface area contributed by atoms with Crippen molar-refractivity contribution < 1.29 is 4.79 Å². The van der Waals surface area contributed by atoms with E-state index in [9.17, 15) is 4.79 Å². The van der Waals surface area contributed by atoms with Gasteiger partial charge in [0.15, 0.2) is 0 Å². The summed E-state index contributed by atoms with van der Waals surface area (Å²) in [6.45, 7) is 12.3. The topological polar surface area (TPSA) is 32.3 Å². The van der Waals surface area contributed by atoms with E-state index in [1.807, 2.05) is 36.1 Å². The Labute approximate surface area is 122 Å². The first-order chi connectivity index (χ1) is 9.31. The van der Waals surface area contributed by atoms with Crippen molar-refractivity contribution in [2.45, 2.75) is 46.2 Å². The van der Waals surface area contributed by atoms with Crippen LogP contribution in [0.25, 0.3) is 0 Å². The lowest BCUT2D eigenvalue weighted by Gasteiger charge is -2.47. The maximum atomic E-state index is 12.8. The number of carbonyl (C=O) groups is 1. The van der Waals surface area contributed by atoms with Gasteiger partial charge in [-0.05, 0) is 38.8 Å². The first-order valence-electron chi connectivity index (χ1n) is 7.43. The molecule has 1 saturated heterocycles. The predicted molar refractivity (Wildman–Crippen MR) is 82.9 cm³/mol. The number of piperazine rings is 1. The molecule has 1 aliphatic rings. The monoisotopic (exact) mass is 274 g/mol. The van der Waals surface area contributed by atoms with Gasteiger partial charge in [-0.2, -0.15) is 0 Å². The number of carbonyl (C=O) groups excluding carboxylic acids is 1. The molecule has 1 amide bonds. The Morgan fingerprint density at radius 1 is 1.30 bits per heavy atom. The van der Waals surface area contributed by atoms with Crippen LogP contribution in [0.3, 0.4) is 0 Å². The molecule has 0 bridgehead atoms. The van der Waals surface area contributed by atoms with Crippen LogP contribution < -0.4 is 5.32 Å². The molecule has 0 radical (unpaired) electrons. The summed E-state index contributed by atoms with van der Waals surface area (Å²) in [4.78, 5) is 14.8. The van der Waals surface area contributed by atoms with Crippen molar-refractivity contribution in [1.82, 2.24) is 10.2 Å². The van der Waals surface area contributed by atoms with Crippen LogP contribution in [-0.2, 0) is 0 Å². The van der Waals surface area contributed by atoms with Crippen molar-refractivity contribution in [3.05, 3.63) is 35.4 Å². The molecular weight excluding hydrogens is 248 g/mol. The summed E-state index contributed by atoms with van der Waals surface area (Å²) in [7, 11) is 0. The number of hydrogen-bond acceptors (Lipinski definition) is 2. The summed E-state index contributed by atoms with van der Waals surface area (Å²) >= 11 is 0. The third-order valence-corrected chi connectivity index (χ3v) is 4.26. The largest absolute Gasteiger partial charge is 0.331 e. The van der Waals surface area contributed by atoms with E-state index in [0.29, 0.717) is 12.0 Å². The van der Waals surface area contributed by atoms with Crippen LogP contribution in [0.1, 0.15) is 43.6 Å². The van der Waals surface area contributed by atoms with Crippen LogP contribution in [-0.4, -0.2) is 35.5 Å². The minimum atomic E-state index is -0.145. The summed E-state index contributed by atoms with van der Waals surface area (Å²) < 4.78 is 0. The molecule has 2 rings (SSSR count). The van der Waals surface area contributed by atoms with Gasteiger partial charge in [-0.25, -0.2) is 0 Å². The molecule has 20 heavy (non-hydrogen) atoms. The standard InChI is InChI=1S/C17H26N2O/c1-12(2)15-10-19(17(4,5)11-18-15)16(20)14-8-6-13(3)7-9-14/h6-9,12,15,18H,10-11H2,1-5H3. The smallest absolute Gasteiger partial charge is 0.254 e. The minimum absolute atomic E-state index is 0.141. The molecule has 1 fully saturated rings. The summed E-state index contributed by atoms with van der Waals surface area (Å²) in [5.41, 5.74) is 1.82. The van der Waals surface area contributed by atoms with Crippen LogP contribution in [0, 0.1) is 12.8 Å². The first kappa shape index (κ1) is 15.0. The molecule has 1 aromatic rings.